The third-order valence-electron chi connectivity index (χ3n) is 6.71. The summed E-state index contributed by atoms with van der Waals surface area (Å²) in [6.45, 7) is 0.197. The van der Waals surface area contributed by atoms with Crippen LogP contribution in [0, 0.1) is 17.2 Å². The Morgan fingerprint density at radius 1 is 1.21 bits per heavy atom. The number of hydrogen-bond donors (Lipinski definition) is 3. The zero-order valence-corrected chi connectivity index (χ0v) is 17.9. The molecule has 2 aliphatic carbocycles. The highest BCUT2D eigenvalue weighted by molar-refractivity contribution is 5.95. The number of nitrogens with one attached hydrogen (secondary N) is 1. The molecule has 33 heavy (non-hydrogen) atoms. The molecule has 7 nitrogen and oxygen atoms in total. The van der Waals surface area contributed by atoms with Gasteiger partial charge >= 0.3 is 0 Å². The number of nitrogens with zero attached hydrogens (tertiary/aromatic N) is 1. The first-order chi connectivity index (χ1) is 15.9. The third-order valence-corrected chi connectivity index (χ3v) is 6.71. The predicted octanol–water partition coefficient (Wildman–Crippen LogP) is 3.37. The summed E-state index contributed by atoms with van der Waals surface area (Å²) in [5.74, 6) is -2.00. The molecule has 3 aromatic rings. The van der Waals surface area contributed by atoms with Gasteiger partial charge in [-0.05, 0) is 55.5 Å². The second-order valence-electron chi connectivity index (χ2n) is 8.98. The van der Waals surface area contributed by atoms with E-state index in [-0.39, 0.29) is 25.2 Å². The number of nitrogens with two attached hydrogens (primary N) is 1. The van der Waals surface area contributed by atoms with E-state index in [4.69, 9.17) is 20.7 Å². The van der Waals surface area contributed by atoms with Crippen molar-refractivity contribution in [1.29, 1.82) is 0 Å². The molecule has 5 rings (SSSR count). The van der Waals surface area contributed by atoms with Crippen molar-refractivity contribution >= 4 is 22.7 Å². The molecular weight excluding hydrogens is 425 g/mol. The van der Waals surface area contributed by atoms with Crippen LogP contribution in [0.25, 0.3) is 10.9 Å². The normalized spacial score (nSPS) is 21.6. The van der Waals surface area contributed by atoms with Gasteiger partial charge in [0.2, 0.25) is 11.8 Å². The number of para-hydroxylation sites is 1. The van der Waals surface area contributed by atoms with Crippen LogP contribution in [-0.4, -0.2) is 22.0 Å². The van der Waals surface area contributed by atoms with Gasteiger partial charge in [-0.2, -0.15) is 0 Å². The highest BCUT2D eigenvalue weighted by atomic mass is 19.1. The summed E-state index contributed by atoms with van der Waals surface area (Å²) in [6, 6.07) is 14.4. The van der Waals surface area contributed by atoms with E-state index in [1.165, 1.54) is 12.1 Å². The molecule has 0 aliphatic heterocycles. The van der Waals surface area contributed by atoms with Crippen LogP contribution in [0.4, 0.5) is 4.39 Å². The van der Waals surface area contributed by atoms with Gasteiger partial charge in [0, 0.05) is 22.6 Å². The Morgan fingerprint density at radius 3 is 2.70 bits per heavy atom. The maximum atomic E-state index is 14.8. The number of aromatic nitrogens is 1. The summed E-state index contributed by atoms with van der Waals surface area (Å²) in [6.07, 6.45) is 2.59. The number of fused-ring (bicyclic) bond motifs is 1. The Hall–Kier alpha value is -3.52. The van der Waals surface area contributed by atoms with Gasteiger partial charge < -0.3 is 10.5 Å². The highest BCUT2D eigenvalue weighted by Crippen LogP contribution is 2.54. The molecule has 2 aromatic carbocycles. The smallest absolute Gasteiger partial charge is 0.247 e. The fourth-order valence-corrected chi connectivity index (χ4v) is 4.55. The fourth-order valence-electron chi connectivity index (χ4n) is 4.55. The first kappa shape index (κ1) is 21.3. The van der Waals surface area contributed by atoms with Crippen molar-refractivity contribution in [3.05, 3.63) is 71.2 Å². The second kappa shape index (κ2) is 8.12. The number of pyridine rings is 1. The van der Waals surface area contributed by atoms with E-state index >= 15 is 0 Å². The lowest BCUT2D eigenvalue weighted by Crippen LogP contribution is -2.33. The Kier molecular flexibility index (Phi) is 5.25. The largest absolute Gasteiger partial charge is 0.486 e. The second-order valence-corrected chi connectivity index (χ2v) is 8.98. The van der Waals surface area contributed by atoms with Crippen LogP contribution >= 0.6 is 0 Å². The van der Waals surface area contributed by atoms with Gasteiger partial charge in [-0.15, -0.1) is 0 Å². The molecule has 0 saturated heterocycles. The Balaban J connectivity index is 1.33. The molecule has 170 valence electrons. The number of hydrogen-bond acceptors (Lipinski definition) is 5. The molecule has 8 heteroatoms. The predicted molar refractivity (Wildman–Crippen MR) is 118 cm³/mol. The van der Waals surface area contributed by atoms with Crippen LogP contribution in [-0.2, 0) is 22.6 Å². The van der Waals surface area contributed by atoms with Crippen LogP contribution in [0.1, 0.15) is 42.0 Å². The molecule has 2 amide bonds. The number of ether oxygens (including phenoxy) is 1. The van der Waals surface area contributed by atoms with Gasteiger partial charge in [-0.25, -0.2) is 9.87 Å². The van der Waals surface area contributed by atoms with Crippen molar-refractivity contribution in [3.8, 4) is 5.75 Å². The molecule has 1 aromatic heterocycles. The quantitative estimate of drug-likeness (QED) is 0.360. The van der Waals surface area contributed by atoms with Gasteiger partial charge in [-0.3, -0.25) is 19.8 Å². The molecular formula is C25H24FN3O4. The maximum absolute atomic E-state index is 14.8. The molecule has 0 bridgehead atoms. The van der Waals surface area contributed by atoms with Crippen LogP contribution in [0.3, 0.4) is 0 Å². The lowest BCUT2D eigenvalue weighted by atomic mass is 9.92. The summed E-state index contributed by atoms with van der Waals surface area (Å²) < 4.78 is 20.6. The number of carbonyl (C=O) groups is 2. The van der Waals surface area contributed by atoms with Crippen molar-refractivity contribution in [2.24, 2.45) is 17.1 Å². The van der Waals surface area contributed by atoms with Crippen molar-refractivity contribution in [1.82, 2.24) is 10.5 Å². The molecule has 0 radical (unpaired) electrons. The van der Waals surface area contributed by atoms with Gasteiger partial charge in [0.15, 0.2) is 11.6 Å². The van der Waals surface area contributed by atoms with Crippen molar-refractivity contribution in [3.63, 3.8) is 0 Å². The van der Waals surface area contributed by atoms with E-state index in [0.717, 1.165) is 35.0 Å². The maximum Gasteiger partial charge on any atom is 0.247 e. The fraction of sp³-hybridized carbons (Fsp3) is 0.320. The minimum Gasteiger partial charge on any atom is -0.486 e. The monoisotopic (exact) mass is 449 g/mol. The Morgan fingerprint density at radius 2 is 2.00 bits per heavy atom. The minimum atomic E-state index is -1.11. The topological polar surface area (TPSA) is 115 Å². The van der Waals surface area contributed by atoms with E-state index in [1.807, 2.05) is 30.3 Å². The summed E-state index contributed by atoms with van der Waals surface area (Å²) in [7, 11) is 0. The summed E-state index contributed by atoms with van der Waals surface area (Å²) in [5.41, 5.74) is 9.37. The molecule has 2 saturated carbocycles. The molecule has 2 fully saturated rings. The van der Waals surface area contributed by atoms with E-state index < -0.39 is 29.0 Å². The van der Waals surface area contributed by atoms with E-state index in [9.17, 15) is 14.0 Å². The van der Waals surface area contributed by atoms with E-state index in [0.29, 0.717) is 11.5 Å². The first-order valence-electron chi connectivity index (χ1n) is 10.9. The Bertz CT molecular complexity index is 1260. The molecule has 0 spiro atoms. The number of benzene rings is 2. The number of rotatable bonds is 8. The number of primary amides is 1. The zero-order chi connectivity index (χ0) is 23.2. The zero-order valence-electron chi connectivity index (χ0n) is 17.9. The van der Waals surface area contributed by atoms with Crippen LogP contribution in [0.15, 0.2) is 48.5 Å². The third kappa shape index (κ3) is 4.02. The van der Waals surface area contributed by atoms with Gasteiger partial charge in [-0.1, -0.05) is 24.3 Å². The average Bonchev–Trinajstić information content (AvgIpc) is 3.73. The van der Waals surface area contributed by atoms with Crippen LogP contribution < -0.4 is 16.0 Å². The minimum absolute atomic E-state index is 0.0983. The molecule has 1 heterocycles. The molecule has 1 unspecified atom stereocenters. The highest BCUT2D eigenvalue weighted by Gasteiger charge is 2.62. The first-order valence-corrected chi connectivity index (χ1v) is 10.9. The van der Waals surface area contributed by atoms with Crippen LogP contribution in [0.2, 0.25) is 0 Å². The van der Waals surface area contributed by atoms with Gasteiger partial charge in [0.05, 0.1) is 16.8 Å². The average molecular weight is 449 g/mol. The lowest BCUT2D eigenvalue weighted by molar-refractivity contribution is -0.134. The summed E-state index contributed by atoms with van der Waals surface area (Å²) >= 11 is 0. The number of halogens is 1. The number of carbonyl (C=O) groups excluding carboxylic acids is 2. The summed E-state index contributed by atoms with van der Waals surface area (Å²) in [4.78, 5) is 28.4. The molecule has 4 N–H and O–H groups in total. The van der Waals surface area contributed by atoms with Crippen molar-refractivity contribution in [2.45, 2.75) is 38.2 Å². The van der Waals surface area contributed by atoms with E-state index in [2.05, 4.69) is 0 Å². The van der Waals surface area contributed by atoms with Gasteiger partial charge in [0.25, 0.3) is 0 Å². The molecule has 2 aliphatic rings. The van der Waals surface area contributed by atoms with Crippen molar-refractivity contribution in [2.75, 3.05) is 0 Å². The van der Waals surface area contributed by atoms with Crippen LogP contribution in [0.5, 0.6) is 5.75 Å². The number of amides is 2. The lowest BCUT2D eigenvalue weighted by Gasteiger charge is -2.15. The standard InChI is InChI=1S/C25H24FN3O4/c26-19-9-14(11-25(24(27)31)12-18(25)23(30)29-32)5-8-22(19)33-13-16-10-21(15-6-7-15)28-20-4-2-1-3-17(16)20/h1-5,8-10,15,18,32H,6-7,11-13H2,(H2,27,31)(H,29,30)/t18?,25-/m0/s1. The van der Waals surface area contributed by atoms with Gasteiger partial charge in [0.1, 0.15) is 6.61 Å². The molecule has 2 atom stereocenters. The van der Waals surface area contributed by atoms with E-state index in [1.54, 1.807) is 11.5 Å². The number of hydroxylamine groups is 1. The SMILES string of the molecule is NC(=O)[C@@]1(Cc2ccc(OCc3cc(C4CC4)nc4ccccc34)c(F)c2)CC1C(=O)NO. The summed E-state index contributed by atoms with van der Waals surface area (Å²) in [5, 5.41) is 9.82. The van der Waals surface area contributed by atoms with Crippen molar-refractivity contribution < 1.29 is 23.9 Å². The Labute approximate surface area is 189 Å².